The van der Waals surface area contributed by atoms with Crippen LogP contribution in [0.3, 0.4) is 0 Å². The van der Waals surface area contributed by atoms with Crippen LogP contribution >= 0.6 is 23.5 Å². The molecule has 0 saturated carbocycles. The van der Waals surface area contributed by atoms with E-state index in [4.69, 9.17) is 0 Å². The Bertz CT molecular complexity index is 316. The highest BCUT2D eigenvalue weighted by Gasteiger charge is 2.31. The Morgan fingerprint density at radius 3 is 1.80 bits per heavy atom. The summed E-state index contributed by atoms with van der Waals surface area (Å²) < 4.78 is 39.8. The minimum Gasteiger partial charge on any atom is -0.406 e. The van der Waals surface area contributed by atoms with Gasteiger partial charge in [0.15, 0.2) is 0 Å². The van der Waals surface area contributed by atoms with Gasteiger partial charge in [0, 0.05) is 9.79 Å². The summed E-state index contributed by atoms with van der Waals surface area (Å²) in [6.07, 6.45) is -1.03. The number of ether oxygens (including phenoxy) is 1. The van der Waals surface area contributed by atoms with Crippen molar-refractivity contribution in [2.24, 2.45) is 0 Å². The summed E-state index contributed by atoms with van der Waals surface area (Å²) in [6.45, 7) is 0. The lowest BCUT2D eigenvalue weighted by Crippen LogP contribution is -2.17. The number of hydrogen-bond donors (Lipinski definition) is 0. The number of thioether (sulfide) groups is 2. The normalized spacial score (nSPS) is 11.5. The van der Waals surface area contributed by atoms with E-state index in [0.717, 1.165) is 9.79 Å². The van der Waals surface area contributed by atoms with Crippen molar-refractivity contribution in [1.82, 2.24) is 0 Å². The van der Waals surface area contributed by atoms with Gasteiger partial charge in [-0.25, -0.2) is 0 Å². The minimum absolute atomic E-state index is 0.168. The van der Waals surface area contributed by atoms with Crippen LogP contribution in [-0.4, -0.2) is 18.9 Å². The van der Waals surface area contributed by atoms with Gasteiger partial charge in [0.1, 0.15) is 5.75 Å². The zero-order chi connectivity index (χ0) is 11.5. The van der Waals surface area contributed by atoms with Gasteiger partial charge in [0.05, 0.1) is 0 Å². The van der Waals surface area contributed by atoms with Crippen LogP contribution in [0.5, 0.6) is 5.75 Å². The molecule has 84 valence electrons. The molecule has 0 N–H and O–H groups in total. The van der Waals surface area contributed by atoms with Crippen LogP contribution in [0, 0.1) is 0 Å². The number of alkyl halides is 3. The molecule has 0 atom stereocenters. The Morgan fingerprint density at radius 2 is 1.47 bits per heavy atom. The summed E-state index contributed by atoms with van der Waals surface area (Å²) in [5, 5.41) is 0. The van der Waals surface area contributed by atoms with Crippen LogP contribution in [0.4, 0.5) is 13.2 Å². The van der Waals surface area contributed by atoms with Crippen LogP contribution in [0.2, 0.25) is 0 Å². The minimum atomic E-state index is -4.63. The Morgan fingerprint density at radius 1 is 1.00 bits per heavy atom. The molecule has 0 aliphatic heterocycles. The maximum atomic E-state index is 12.0. The third-order valence-electron chi connectivity index (χ3n) is 1.56. The van der Waals surface area contributed by atoms with Crippen LogP contribution in [0.1, 0.15) is 0 Å². The topological polar surface area (TPSA) is 9.23 Å². The number of benzene rings is 1. The highest BCUT2D eigenvalue weighted by molar-refractivity contribution is 7.99. The first-order valence-corrected chi connectivity index (χ1v) is 6.38. The molecule has 0 saturated heterocycles. The predicted molar refractivity (Wildman–Crippen MR) is 56.7 cm³/mol. The van der Waals surface area contributed by atoms with Crippen molar-refractivity contribution < 1.29 is 17.9 Å². The summed E-state index contributed by atoms with van der Waals surface area (Å²) >= 11 is 2.76. The van der Waals surface area contributed by atoms with Crippen molar-refractivity contribution in [1.29, 1.82) is 0 Å². The number of halogens is 3. The van der Waals surface area contributed by atoms with E-state index in [1.165, 1.54) is 35.7 Å². The zero-order valence-electron chi connectivity index (χ0n) is 8.09. The van der Waals surface area contributed by atoms with Crippen LogP contribution in [0.25, 0.3) is 0 Å². The maximum absolute atomic E-state index is 12.0. The van der Waals surface area contributed by atoms with Crippen molar-refractivity contribution in [2.75, 3.05) is 12.5 Å². The molecule has 0 bridgehead atoms. The lowest BCUT2D eigenvalue weighted by Gasteiger charge is -2.10. The Balaban J connectivity index is 2.97. The van der Waals surface area contributed by atoms with E-state index in [1.54, 1.807) is 12.5 Å². The van der Waals surface area contributed by atoms with E-state index in [-0.39, 0.29) is 5.75 Å². The first kappa shape index (κ1) is 12.6. The van der Waals surface area contributed by atoms with Crippen molar-refractivity contribution in [2.45, 2.75) is 16.2 Å². The highest BCUT2D eigenvalue weighted by atomic mass is 32.2. The molecule has 0 radical (unpaired) electrons. The summed E-state index contributed by atoms with van der Waals surface area (Å²) in [7, 11) is 0. The van der Waals surface area contributed by atoms with Gasteiger partial charge in [0.2, 0.25) is 0 Å². The Labute approximate surface area is 94.4 Å². The number of rotatable bonds is 3. The molecular formula is C9H9F3OS2. The van der Waals surface area contributed by atoms with Gasteiger partial charge in [-0.3, -0.25) is 0 Å². The average molecular weight is 254 g/mol. The predicted octanol–water partition coefficient (Wildman–Crippen LogP) is 4.03. The van der Waals surface area contributed by atoms with Gasteiger partial charge < -0.3 is 4.74 Å². The monoisotopic (exact) mass is 254 g/mol. The van der Waals surface area contributed by atoms with E-state index in [9.17, 15) is 13.2 Å². The molecule has 15 heavy (non-hydrogen) atoms. The maximum Gasteiger partial charge on any atom is 0.573 e. The molecule has 1 rings (SSSR count). The molecule has 6 heteroatoms. The summed E-state index contributed by atoms with van der Waals surface area (Å²) in [5.74, 6) is -0.168. The quantitative estimate of drug-likeness (QED) is 0.754. The molecular weight excluding hydrogens is 245 g/mol. The summed E-state index contributed by atoms with van der Waals surface area (Å²) in [5.41, 5.74) is 0. The third-order valence-corrected chi connectivity index (χ3v) is 2.97. The molecule has 0 spiro atoms. The van der Waals surface area contributed by atoms with Crippen molar-refractivity contribution in [3.8, 4) is 5.75 Å². The van der Waals surface area contributed by atoms with Crippen LogP contribution in [-0.2, 0) is 0 Å². The lowest BCUT2D eigenvalue weighted by atomic mass is 10.3. The van der Waals surface area contributed by atoms with E-state index >= 15 is 0 Å². The molecule has 1 aromatic rings. The second-order valence-corrected chi connectivity index (χ2v) is 4.36. The average Bonchev–Trinajstić information content (AvgIpc) is 2.14. The van der Waals surface area contributed by atoms with Gasteiger partial charge in [-0.05, 0) is 30.7 Å². The lowest BCUT2D eigenvalue weighted by molar-refractivity contribution is -0.274. The van der Waals surface area contributed by atoms with Crippen molar-refractivity contribution in [3.05, 3.63) is 18.2 Å². The molecule has 0 aromatic heterocycles. The molecule has 1 aromatic carbocycles. The van der Waals surface area contributed by atoms with Gasteiger partial charge in [-0.1, -0.05) is 0 Å². The van der Waals surface area contributed by atoms with Crippen LogP contribution < -0.4 is 4.74 Å². The zero-order valence-corrected chi connectivity index (χ0v) is 9.72. The van der Waals surface area contributed by atoms with Crippen LogP contribution in [0.15, 0.2) is 28.0 Å². The first-order chi connectivity index (χ1) is 6.94. The fourth-order valence-corrected chi connectivity index (χ4v) is 2.01. The third kappa shape index (κ3) is 4.25. The van der Waals surface area contributed by atoms with Crippen molar-refractivity contribution >= 4 is 23.5 Å². The van der Waals surface area contributed by atoms with E-state index < -0.39 is 6.36 Å². The SMILES string of the molecule is CSc1cc(OC(F)(F)F)cc(SC)c1. The fourth-order valence-electron chi connectivity index (χ4n) is 0.974. The summed E-state index contributed by atoms with van der Waals surface area (Å²) in [6, 6.07) is 4.56. The second kappa shape index (κ2) is 5.03. The van der Waals surface area contributed by atoms with Gasteiger partial charge in [-0.15, -0.1) is 36.7 Å². The Hall–Kier alpha value is -0.490. The second-order valence-electron chi connectivity index (χ2n) is 2.60. The molecule has 0 aliphatic rings. The molecule has 0 heterocycles. The standard InChI is InChI=1S/C9H9F3OS2/c1-14-7-3-6(13-9(10,11)12)4-8(5-7)15-2/h3-5H,1-2H3. The largest absolute Gasteiger partial charge is 0.573 e. The van der Waals surface area contributed by atoms with E-state index in [0.29, 0.717) is 0 Å². The van der Waals surface area contributed by atoms with Gasteiger partial charge >= 0.3 is 6.36 Å². The first-order valence-electron chi connectivity index (χ1n) is 3.93. The smallest absolute Gasteiger partial charge is 0.406 e. The Kier molecular flexibility index (Phi) is 4.21. The molecule has 0 unspecified atom stereocenters. The van der Waals surface area contributed by atoms with Gasteiger partial charge in [-0.2, -0.15) is 0 Å². The highest BCUT2D eigenvalue weighted by Crippen LogP contribution is 2.31. The van der Waals surface area contributed by atoms with Crippen molar-refractivity contribution in [3.63, 3.8) is 0 Å². The van der Waals surface area contributed by atoms with E-state index in [2.05, 4.69) is 4.74 Å². The molecule has 0 aliphatic carbocycles. The fraction of sp³-hybridized carbons (Fsp3) is 0.333. The van der Waals surface area contributed by atoms with Gasteiger partial charge in [0.25, 0.3) is 0 Å². The van der Waals surface area contributed by atoms with E-state index in [1.807, 2.05) is 6.07 Å². The summed E-state index contributed by atoms with van der Waals surface area (Å²) in [4.78, 5) is 1.50. The number of hydrogen-bond acceptors (Lipinski definition) is 3. The molecule has 0 fully saturated rings. The molecule has 1 nitrogen and oxygen atoms in total. The molecule has 0 amide bonds.